The summed E-state index contributed by atoms with van der Waals surface area (Å²) >= 11 is 0. The van der Waals surface area contributed by atoms with Gasteiger partial charge in [0.1, 0.15) is 5.69 Å². The van der Waals surface area contributed by atoms with Gasteiger partial charge in [0, 0.05) is 24.2 Å². The number of carbonyl (C=O) groups excluding carboxylic acids is 1. The van der Waals surface area contributed by atoms with Crippen LogP contribution in [0.3, 0.4) is 0 Å². The Morgan fingerprint density at radius 2 is 2.03 bits per heavy atom. The molecule has 1 N–H and O–H groups in total. The highest BCUT2D eigenvalue weighted by molar-refractivity contribution is 5.95. The summed E-state index contributed by atoms with van der Waals surface area (Å²) in [5.41, 5.74) is 3.42. The van der Waals surface area contributed by atoms with E-state index in [1.54, 1.807) is 6.92 Å². The van der Waals surface area contributed by atoms with Crippen LogP contribution in [0, 0.1) is 24.2 Å². The van der Waals surface area contributed by atoms with Crippen LogP contribution in [0.25, 0.3) is 17.3 Å². The molecular weight excluding hydrogens is 414 g/mol. The summed E-state index contributed by atoms with van der Waals surface area (Å²) in [5.74, 6) is 1.93. The first-order chi connectivity index (χ1) is 15.6. The van der Waals surface area contributed by atoms with Gasteiger partial charge in [-0.3, -0.25) is 4.79 Å². The van der Waals surface area contributed by atoms with E-state index in [1.807, 2.05) is 35.0 Å². The van der Waals surface area contributed by atoms with Crippen LogP contribution in [0.1, 0.15) is 75.8 Å². The van der Waals surface area contributed by atoms with Crippen molar-refractivity contribution in [1.29, 1.82) is 0 Å². The number of aryl methyl sites for hydroxylation is 1. The second-order valence-electron chi connectivity index (χ2n) is 10.8. The Kier molecular flexibility index (Phi) is 6.41. The number of hydrogen-bond acceptors (Lipinski definition) is 5. The maximum atomic E-state index is 13.1. The fourth-order valence-corrected chi connectivity index (χ4v) is 5.22. The van der Waals surface area contributed by atoms with Crippen molar-refractivity contribution in [2.75, 3.05) is 0 Å². The van der Waals surface area contributed by atoms with Gasteiger partial charge in [-0.05, 0) is 67.2 Å². The number of amides is 1. The van der Waals surface area contributed by atoms with E-state index in [4.69, 9.17) is 9.52 Å². The van der Waals surface area contributed by atoms with E-state index in [0.717, 1.165) is 30.6 Å². The van der Waals surface area contributed by atoms with Gasteiger partial charge < -0.3 is 9.73 Å². The molecule has 2 atom stereocenters. The number of benzene rings is 1. The van der Waals surface area contributed by atoms with Crippen LogP contribution in [0.15, 0.2) is 34.7 Å². The molecule has 2 aromatic heterocycles. The van der Waals surface area contributed by atoms with Crippen LogP contribution < -0.4 is 5.32 Å². The van der Waals surface area contributed by atoms with E-state index in [9.17, 15) is 4.79 Å². The molecule has 1 aliphatic carbocycles. The maximum Gasteiger partial charge on any atom is 0.268 e. The Labute approximate surface area is 196 Å². The number of rotatable bonds is 6. The van der Waals surface area contributed by atoms with Crippen LogP contribution in [0.4, 0.5) is 0 Å². The van der Waals surface area contributed by atoms with Crippen LogP contribution in [-0.4, -0.2) is 31.9 Å². The molecule has 33 heavy (non-hydrogen) atoms. The quantitative estimate of drug-likeness (QED) is 0.546. The number of carbonyl (C=O) groups is 1. The Morgan fingerprint density at radius 1 is 1.24 bits per heavy atom. The summed E-state index contributed by atoms with van der Waals surface area (Å²) in [4.78, 5) is 13.1. The average molecular weight is 450 g/mol. The zero-order chi connectivity index (χ0) is 23.8. The molecule has 0 spiro atoms. The fourth-order valence-electron chi connectivity index (χ4n) is 5.22. The smallest absolute Gasteiger partial charge is 0.268 e. The van der Waals surface area contributed by atoms with E-state index in [2.05, 4.69) is 50.1 Å². The van der Waals surface area contributed by atoms with Crippen LogP contribution >= 0.6 is 0 Å². The zero-order valence-corrected chi connectivity index (χ0v) is 20.6. The topological polar surface area (TPSA) is 85.8 Å². The van der Waals surface area contributed by atoms with Crippen molar-refractivity contribution in [2.45, 2.75) is 73.3 Å². The molecule has 0 bridgehead atoms. The van der Waals surface area contributed by atoms with Crippen molar-refractivity contribution in [3.05, 3.63) is 47.5 Å². The lowest BCUT2D eigenvalue weighted by atomic mass is 9.70. The first-order valence-electron chi connectivity index (χ1n) is 11.9. The molecule has 2 heterocycles. The molecule has 7 heteroatoms. The van der Waals surface area contributed by atoms with Gasteiger partial charge in [-0.1, -0.05) is 40.7 Å². The molecular formula is C26H35N5O2. The van der Waals surface area contributed by atoms with Crippen LogP contribution in [0.5, 0.6) is 0 Å². The van der Waals surface area contributed by atoms with E-state index in [1.165, 1.54) is 6.42 Å². The molecule has 4 rings (SSSR count). The SMILES string of the molecule is Cc1nnc(-c2cc(CC(C)C)n(-c3cccc(C(=O)N[C@@H]4C[C@H](C)CC(C)(C)C4)c3)n2)o1. The molecule has 176 valence electrons. The van der Waals surface area contributed by atoms with E-state index < -0.39 is 0 Å². The first-order valence-corrected chi connectivity index (χ1v) is 11.9. The van der Waals surface area contributed by atoms with Gasteiger partial charge in [-0.25, -0.2) is 4.68 Å². The van der Waals surface area contributed by atoms with Crippen LogP contribution in [-0.2, 0) is 6.42 Å². The summed E-state index contributed by atoms with van der Waals surface area (Å²) in [6.07, 6.45) is 4.08. The summed E-state index contributed by atoms with van der Waals surface area (Å²) in [7, 11) is 0. The minimum Gasteiger partial charge on any atom is -0.420 e. The van der Waals surface area contributed by atoms with E-state index in [0.29, 0.717) is 34.9 Å². The Bertz CT molecular complexity index is 1130. The van der Waals surface area contributed by atoms with Crippen molar-refractivity contribution >= 4 is 5.91 Å². The van der Waals surface area contributed by atoms with Crippen molar-refractivity contribution in [3.63, 3.8) is 0 Å². The molecule has 0 aliphatic heterocycles. The average Bonchev–Trinajstić information content (AvgIpc) is 3.32. The Hall–Kier alpha value is -2.96. The van der Waals surface area contributed by atoms with Crippen molar-refractivity contribution in [2.24, 2.45) is 17.3 Å². The van der Waals surface area contributed by atoms with E-state index in [-0.39, 0.29) is 17.4 Å². The number of nitrogens with zero attached hydrogens (tertiary/aromatic N) is 4. The lowest BCUT2D eigenvalue weighted by Gasteiger charge is -2.39. The number of aromatic nitrogens is 4. The third-order valence-corrected chi connectivity index (χ3v) is 6.22. The summed E-state index contributed by atoms with van der Waals surface area (Å²) < 4.78 is 7.47. The lowest BCUT2D eigenvalue weighted by Crippen LogP contribution is -2.43. The fraction of sp³-hybridized carbons (Fsp3) is 0.538. The predicted molar refractivity (Wildman–Crippen MR) is 128 cm³/mol. The highest BCUT2D eigenvalue weighted by atomic mass is 16.4. The number of nitrogens with one attached hydrogen (secondary N) is 1. The lowest BCUT2D eigenvalue weighted by molar-refractivity contribution is 0.0874. The van der Waals surface area contributed by atoms with Gasteiger partial charge in [0.15, 0.2) is 0 Å². The van der Waals surface area contributed by atoms with Crippen molar-refractivity contribution in [3.8, 4) is 17.3 Å². The highest BCUT2D eigenvalue weighted by Gasteiger charge is 2.32. The van der Waals surface area contributed by atoms with Crippen molar-refractivity contribution < 1.29 is 9.21 Å². The van der Waals surface area contributed by atoms with Crippen LogP contribution in [0.2, 0.25) is 0 Å². The molecule has 1 aromatic carbocycles. The van der Waals surface area contributed by atoms with Gasteiger partial charge in [0.25, 0.3) is 11.8 Å². The molecule has 3 aromatic rings. The second-order valence-corrected chi connectivity index (χ2v) is 10.8. The maximum absolute atomic E-state index is 13.1. The molecule has 0 radical (unpaired) electrons. The second kappa shape index (κ2) is 9.12. The molecule has 0 unspecified atom stereocenters. The molecule has 1 aliphatic rings. The third kappa shape index (κ3) is 5.52. The third-order valence-electron chi connectivity index (χ3n) is 6.22. The normalized spacial score (nSPS) is 20.2. The van der Waals surface area contributed by atoms with Gasteiger partial charge in [-0.2, -0.15) is 5.10 Å². The number of hydrogen-bond donors (Lipinski definition) is 1. The minimum absolute atomic E-state index is 0.0305. The van der Waals surface area contributed by atoms with Gasteiger partial charge in [0.05, 0.1) is 5.69 Å². The summed E-state index contributed by atoms with van der Waals surface area (Å²) in [6, 6.07) is 9.85. The monoisotopic (exact) mass is 449 g/mol. The predicted octanol–water partition coefficient (Wildman–Crippen LogP) is 5.37. The molecule has 1 fully saturated rings. The largest absolute Gasteiger partial charge is 0.420 e. The first kappa shape index (κ1) is 23.2. The molecule has 7 nitrogen and oxygen atoms in total. The zero-order valence-electron chi connectivity index (χ0n) is 20.6. The molecule has 1 saturated carbocycles. The van der Waals surface area contributed by atoms with E-state index >= 15 is 0 Å². The summed E-state index contributed by atoms with van der Waals surface area (Å²) in [5, 5.41) is 16.1. The standard InChI is InChI=1S/C26H35N5O2/c1-16(2)10-22-13-23(25-29-28-18(4)33-25)30-31(22)21-9-7-8-19(12-21)24(32)27-20-11-17(3)14-26(5,6)15-20/h7-9,12-13,16-17,20H,10-11,14-15H2,1-6H3,(H,27,32)/t17-,20+/m0/s1. The Morgan fingerprint density at radius 3 is 2.70 bits per heavy atom. The molecule has 0 saturated heterocycles. The van der Waals surface area contributed by atoms with Crippen molar-refractivity contribution in [1.82, 2.24) is 25.3 Å². The summed E-state index contributed by atoms with van der Waals surface area (Å²) in [6.45, 7) is 13.0. The molecule has 1 amide bonds. The van der Waals surface area contributed by atoms with Gasteiger partial charge in [-0.15, -0.1) is 10.2 Å². The Balaban J connectivity index is 1.60. The minimum atomic E-state index is -0.0305. The highest BCUT2D eigenvalue weighted by Crippen LogP contribution is 2.38. The van der Waals surface area contributed by atoms with Gasteiger partial charge in [0.2, 0.25) is 5.89 Å². The van der Waals surface area contributed by atoms with Gasteiger partial charge >= 0.3 is 0 Å².